The first kappa shape index (κ1) is 15.6. The number of halogens is 1. The second-order valence-corrected chi connectivity index (χ2v) is 3.35. The Labute approximate surface area is 106 Å². The molecule has 0 amide bonds. The molecule has 0 bridgehead atoms. The van der Waals surface area contributed by atoms with Gasteiger partial charge in [-0.05, 0) is 23.7 Å². The summed E-state index contributed by atoms with van der Waals surface area (Å²) in [7, 11) is 4.81. The first-order valence-electron chi connectivity index (χ1n) is 5.03. The molecule has 0 aliphatic carbocycles. The molecule has 0 radical (unpaired) electrons. The molecule has 0 heterocycles. The van der Waals surface area contributed by atoms with E-state index in [0.717, 1.165) is 5.75 Å². The lowest BCUT2D eigenvalue weighted by Gasteiger charge is -2.08. The molecule has 0 saturated carbocycles. The minimum absolute atomic E-state index is 0.273. The number of carbonyl (C=O) groups excluding carboxylic acids is 1. The quantitative estimate of drug-likeness (QED) is 0.781. The van der Waals surface area contributed by atoms with Crippen LogP contribution in [-0.4, -0.2) is 26.6 Å². The van der Waals surface area contributed by atoms with Crippen LogP contribution in [0.4, 0.5) is 0 Å². The lowest BCUT2D eigenvalue weighted by Crippen LogP contribution is -1.91. The highest BCUT2D eigenvalue weighted by Gasteiger charge is 2.03. The van der Waals surface area contributed by atoms with Crippen molar-refractivity contribution in [2.75, 3.05) is 21.3 Å². The van der Waals surface area contributed by atoms with Gasteiger partial charge in [0.05, 0.1) is 21.3 Å². The molecule has 0 aliphatic rings. The van der Waals surface area contributed by atoms with Gasteiger partial charge in [-0.15, -0.1) is 0 Å². The normalized spacial score (nSPS) is 8.76. The summed E-state index contributed by atoms with van der Waals surface area (Å²) in [6.07, 6.45) is 0.432. The van der Waals surface area contributed by atoms with Crippen LogP contribution in [0.1, 0.15) is 13.3 Å². The minimum Gasteiger partial charge on any atom is -0.497 e. The molecule has 0 N–H and O–H groups in total. The van der Waals surface area contributed by atoms with E-state index in [-0.39, 0.29) is 5.24 Å². The van der Waals surface area contributed by atoms with Crippen molar-refractivity contribution in [3.63, 3.8) is 0 Å². The Morgan fingerprint density at radius 3 is 2.00 bits per heavy atom. The second-order valence-electron chi connectivity index (χ2n) is 2.93. The molecule has 96 valence electrons. The topological polar surface area (TPSA) is 44.8 Å². The van der Waals surface area contributed by atoms with Gasteiger partial charge in [-0.2, -0.15) is 0 Å². The van der Waals surface area contributed by atoms with Gasteiger partial charge in [-0.3, -0.25) is 4.79 Å². The maximum Gasteiger partial charge on any atom is 0.221 e. The van der Waals surface area contributed by atoms with Gasteiger partial charge < -0.3 is 14.2 Å². The molecule has 0 spiro atoms. The summed E-state index contributed by atoms with van der Waals surface area (Å²) < 4.78 is 15.1. The predicted molar refractivity (Wildman–Crippen MR) is 67.2 cm³/mol. The molecule has 5 heteroatoms. The molecule has 17 heavy (non-hydrogen) atoms. The maximum absolute atomic E-state index is 9.58. The van der Waals surface area contributed by atoms with Crippen molar-refractivity contribution in [2.24, 2.45) is 0 Å². The summed E-state index contributed by atoms with van der Waals surface area (Å²) in [4.78, 5) is 9.58. The molecule has 0 unspecified atom stereocenters. The van der Waals surface area contributed by atoms with E-state index in [1.807, 2.05) is 6.07 Å². The second kappa shape index (κ2) is 8.70. The van der Waals surface area contributed by atoms with Crippen LogP contribution in [0.3, 0.4) is 0 Å². The van der Waals surface area contributed by atoms with E-state index in [4.69, 9.17) is 25.8 Å². The van der Waals surface area contributed by atoms with Crippen molar-refractivity contribution in [3.05, 3.63) is 18.2 Å². The first-order valence-corrected chi connectivity index (χ1v) is 5.41. The van der Waals surface area contributed by atoms with Crippen molar-refractivity contribution in [2.45, 2.75) is 13.3 Å². The van der Waals surface area contributed by atoms with E-state index in [0.29, 0.717) is 17.9 Å². The third-order valence-electron chi connectivity index (χ3n) is 1.87. The van der Waals surface area contributed by atoms with Crippen molar-refractivity contribution >= 4 is 16.8 Å². The minimum atomic E-state index is -0.273. The fraction of sp³-hybridized carbons (Fsp3) is 0.417. The van der Waals surface area contributed by atoms with Crippen LogP contribution in [0.2, 0.25) is 0 Å². The standard InChI is InChI=1S/C9H12O3.C3H5ClO/c1-10-7-4-5-8(11-2)9(6-7)12-3;1-2-3(4)5/h4-6H,1-3H3;2H2,1H3. The SMILES string of the molecule is CCC(=O)Cl.COc1ccc(OC)c(OC)c1. The number of hydrogen-bond acceptors (Lipinski definition) is 4. The summed E-state index contributed by atoms with van der Waals surface area (Å²) in [6, 6.07) is 5.40. The molecular formula is C12H17ClO4. The van der Waals surface area contributed by atoms with Gasteiger partial charge in [0.1, 0.15) is 5.75 Å². The van der Waals surface area contributed by atoms with E-state index < -0.39 is 0 Å². The maximum atomic E-state index is 9.58. The van der Waals surface area contributed by atoms with E-state index in [1.54, 1.807) is 40.4 Å². The summed E-state index contributed by atoms with van der Waals surface area (Å²) in [5.74, 6) is 2.14. The molecular weight excluding hydrogens is 244 g/mol. The Balaban J connectivity index is 0.000000437. The van der Waals surface area contributed by atoms with E-state index in [9.17, 15) is 4.79 Å². The molecule has 0 aromatic heterocycles. The van der Waals surface area contributed by atoms with Gasteiger partial charge in [0, 0.05) is 12.5 Å². The Morgan fingerprint density at radius 2 is 1.65 bits per heavy atom. The van der Waals surface area contributed by atoms with Gasteiger partial charge in [-0.25, -0.2) is 0 Å². The van der Waals surface area contributed by atoms with Gasteiger partial charge in [0.2, 0.25) is 5.24 Å². The third-order valence-corrected chi connectivity index (χ3v) is 2.14. The fourth-order valence-electron chi connectivity index (χ4n) is 0.944. The average Bonchev–Trinajstić information content (AvgIpc) is 2.38. The zero-order valence-electron chi connectivity index (χ0n) is 10.5. The molecule has 1 rings (SSSR count). The number of hydrogen-bond donors (Lipinski definition) is 0. The number of carbonyl (C=O) groups is 1. The summed E-state index contributed by atoms with van der Waals surface area (Å²) >= 11 is 4.82. The van der Waals surface area contributed by atoms with Gasteiger partial charge >= 0.3 is 0 Å². The highest BCUT2D eigenvalue weighted by atomic mass is 35.5. The van der Waals surface area contributed by atoms with Gasteiger partial charge in [0.15, 0.2) is 11.5 Å². The van der Waals surface area contributed by atoms with Crippen LogP contribution < -0.4 is 14.2 Å². The van der Waals surface area contributed by atoms with Crippen LogP contribution in [-0.2, 0) is 4.79 Å². The highest BCUT2D eigenvalue weighted by molar-refractivity contribution is 6.63. The fourth-order valence-corrected chi connectivity index (χ4v) is 0.944. The number of ether oxygens (including phenoxy) is 3. The lowest BCUT2D eigenvalue weighted by atomic mass is 10.3. The molecule has 0 saturated heterocycles. The monoisotopic (exact) mass is 260 g/mol. The number of benzene rings is 1. The highest BCUT2D eigenvalue weighted by Crippen LogP contribution is 2.30. The van der Waals surface area contributed by atoms with Crippen LogP contribution in [0.25, 0.3) is 0 Å². The lowest BCUT2D eigenvalue weighted by molar-refractivity contribution is -0.111. The van der Waals surface area contributed by atoms with E-state index >= 15 is 0 Å². The molecule has 4 nitrogen and oxygen atoms in total. The zero-order valence-corrected chi connectivity index (χ0v) is 11.2. The summed E-state index contributed by atoms with van der Waals surface area (Å²) in [6.45, 7) is 1.72. The number of methoxy groups -OCH3 is 3. The molecule has 0 fully saturated rings. The van der Waals surface area contributed by atoms with Crippen molar-refractivity contribution in [1.82, 2.24) is 0 Å². The number of rotatable bonds is 4. The Hall–Kier alpha value is -1.42. The Morgan fingerprint density at radius 1 is 1.12 bits per heavy atom. The Bertz CT molecular complexity index is 352. The van der Waals surface area contributed by atoms with Crippen molar-refractivity contribution in [1.29, 1.82) is 0 Å². The zero-order chi connectivity index (χ0) is 13.3. The summed E-state index contributed by atoms with van der Waals surface area (Å²) in [5.41, 5.74) is 0. The predicted octanol–water partition coefficient (Wildman–Crippen LogP) is 2.87. The van der Waals surface area contributed by atoms with Crippen molar-refractivity contribution in [3.8, 4) is 17.2 Å². The van der Waals surface area contributed by atoms with Gasteiger partial charge in [0.25, 0.3) is 0 Å². The Kier molecular flexibility index (Phi) is 7.97. The van der Waals surface area contributed by atoms with Crippen LogP contribution in [0.15, 0.2) is 18.2 Å². The van der Waals surface area contributed by atoms with E-state index in [1.165, 1.54) is 0 Å². The molecule has 1 aromatic carbocycles. The smallest absolute Gasteiger partial charge is 0.221 e. The van der Waals surface area contributed by atoms with E-state index in [2.05, 4.69) is 0 Å². The van der Waals surface area contributed by atoms with Crippen LogP contribution in [0, 0.1) is 0 Å². The van der Waals surface area contributed by atoms with Crippen LogP contribution >= 0.6 is 11.6 Å². The molecule has 1 aromatic rings. The summed E-state index contributed by atoms with van der Waals surface area (Å²) in [5, 5.41) is -0.273. The molecule has 0 atom stereocenters. The first-order chi connectivity index (χ1) is 8.08. The van der Waals surface area contributed by atoms with Crippen molar-refractivity contribution < 1.29 is 19.0 Å². The average molecular weight is 261 g/mol. The molecule has 0 aliphatic heterocycles. The van der Waals surface area contributed by atoms with Crippen LogP contribution in [0.5, 0.6) is 17.2 Å². The van der Waals surface area contributed by atoms with Gasteiger partial charge in [-0.1, -0.05) is 6.92 Å². The third kappa shape index (κ3) is 6.02. The largest absolute Gasteiger partial charge is 0.497 e.